The Morgan fingerprint density at radius 3 is 3.04 bits per heavy atom. The Labute approximate surface area is 136 Å². The molecule has 7 nitrogen and oxygen atoms in total. The summed E-state index contributed by atoms with van der Waals surface area (Å²) in [5.74, 6) is 1.60. The molecule has 0 radical (unpaired) electrons. The summed E-state index contributed by atoms with van der Waals surface area (Å²) < 4.78 is 2.06. The molecule has 0 saturated carbocycles. The molecule has 0 aromatic carbocycles. The van der Waals surface area contributed by atoms with Crippen molar-refractivity contribution >= 4 is 17.3 Å². The van der Waals surface area contributed by atoms with Gasteiger partial charge >= 0.3 is 0 Å². The van der Waals surface area contributed by atoms with Gasteiger partial charge in [0.2, 0.25) is 0 Å². The largest absolute Gasteiger partial charge is 0.393 e. The maximum atomic E-state index is 6.31. The number of imidazole rings is 1. The van der Waals surface area contributed by atoms with E-state index in [-0.39, 0.29) is 0 Å². The van der Waals surface area contributed by atoms with E-state index in [0.717, 1.165) is 37.7 Å². The number of nitrogens with one attached hydrogen (secondary N) is 1. The molecule has 7 heteroatoms. The van der Waals surface area contributed by atoms with Gasteiger partial charge in [-0.15, -0.1) is 0 Å². The normalized spacial score (nSPS) is 18.1. The molecule has 3 heterocycles. The summed E-state index contributed by atoms with van der Waals surface area (Å²) >= 11 is 0. The number of nitrogens with zero attached hydrogens (tertiary/aromatic N) is 5. The number of aromatic nitrogens is 4. The maximum Gasteiger partial charge on any atom is 0.157 e. The molecule has 1 saturated heterocycles. The third kappa shape index (κ3) is 3.72. The number of anilines is 3. The molecule has 1 fully saturated rings. The Balaban J connectivity index is 1.60. The number of hydrogen-bond acceptors (Lipinski definition) is 6. The fourth-order valence-electron chi connectivity index (χ4n) is 3.06. The zero-order valence-electron chi connectivity index (χ0n) is 13.6. The van der Waals surface area contributed by atoms with Gasteiger partial charge in [-0.1, -0.05) is 0 Å². The van der Waals surface area contributed by atoms with E-state index in [4.69, 9.17) is 5.73 Å². The van der Waals surface area contributed by atoms with Gasteiger partial charge in [0, 0.05) is 38.1 Å². The van der Waals surface area contributed by atoms with Gasteiger partial charge < -0.3 is 20.5 Å². The lowest BCUT2D eigenvalue weighted by atomic mass is 10.0. The van der Waals surface area contributed by atoms with Crippen LogP contribution in [0.25, 0.3) is 0 Å². The van der Waals surface area contributed by atoms with Gasteiger partial charge in [0.15, 0.2) is 11.6 Å². The molecule has 2 aromatic rings. The highest BCUT2D eigenvalue weighted by atomic mass is 15.2. The standard InChI is InChI=1S/C16H25N7/c1-13-5-2-3-9-23(13)16-14(17)15(20-11-21-16)19-6-4-8-22-10-7-18-12-22/h7,10-13H,2-6,8-9,17H2,1H3,(H,19,20,21). The molecule has 0 bridgehead atoms. The van der Waals surface area contributed by atoms with E-state index in [0.29, 0.717) is 11.7 Å². The molecule has 1 aliphatic heterocycles. The Morgan fingerprint density at radius 1 is 1.35 bits per heavy atom. The summed E-state index contributed by atoms with van der Waals surface area (Å²) in [5.41, 5.74) is 6.97. The van der Waals surface area contributed by atoms with Crippen molar-refractivity contribution in [3.05, 3.63) is 25.0 Å². The quantitative estimate of drug-likeness (QED) is 0.794. The van der Waals surface area contributed by atoms with Gasteiger partial charge in [-0.2, -0.15) is 0 Å². The second-order valence-electron chi connectivity index (χ2n) is 6.08. The van der Waals surface area contributed by atoms with Crippen molar-refractivity contribution in [1.82, 2.24) is 19.5 Å². The van der Waals surface area contributed by atoms with E-state index in [1.165, 1.54) is 19.3 Å². The number of piperidine rings is 1. The fourth-order valence-corrected chi connectivity index (χ4v) is 3.06. The average molecular weight is 315 g/mol. The number of nitrogens with two attached hydrogens (primary N) is 1. The molecule has 124 valence electrons. The van der Waals surface area contributed by atoms with Gasteiger partial charge in [-0.05, 0) is 32.6 Å². The molecule has 1 unspecified atom stereocenters. The third-order valence-corrected chi connectivity index (χ3v) is 4.38. The predicted molar refractivity (Wildman–Crippen MR) is 92.4 cm³/mol. The predicted octanol–water partition coefficient (Wildman–Crippen LogP) is 2.14. The Kier molecular flexibility index (Phi) is 4.95. The summed E-state index contributed by atoms with van der Waals surface area (Å²) in [4.78, 5) is 15.1. The maximum absolute atomic E-state index is 6.31. The molecule has 1 atom stereocenters. The highest BCUT2D eigenvalue weighted by Crippen LogP contribution is 2.30. The van der Waals surface area contributed by atoms with Crippen molar-refractivity contribution in [1.29, 1.82) is 0 Å². The van der Waals surface area contributed by atoms with Gasteiger partial charge in [-0.3, -0.25) is 0 Å². The molecule has 23 heavy (non-hydrogen) atoms. The highest BCUT2D eigenvalue weighted by molar-refractivity contribution is 5.75. The van der Waals surface area contributed by atoms with Gasteiger partial charge in [-0.25, -0.2) is 15.0 Å². The van der Waals surface area contributed by atoms with Crippen LogP contribution < -0.4 is 16.0 Å². The van der Waals surface area contributed by atoms with Crippen LogP contribution in [0.5, 0.6) is 0 Å². The van der Waals surface area contributed by atoms with E-state index < -0.39 is 0 Å². The summed E-state index contributed by atoms with van der Waals surface area (Å²) in [5, 5.41) is 3.33. The smallest absolute Gasteiger partial charge is 0.157 e. The van der Waals surface area contributed by atoms with Crippen LogP contribution in [0.15, 0.2) is 25.0 Å². The average Bonchev–Trinajstić information content (AvgIpc) is 3.07. The van der Waals surface area contributed by atoms with Crippen LogP contribution in [0.3, 0.4) is 0 Å². The number of hydrogen-bond donors (Lipinski definition) is 2. The third-order valence-electron chi connectivity index (χ3n) is 4.38. The Bertz CT molecular complexity index is 611. The minimum absolute atomic E-state index is 0.482. The first-order chi connectivity index (χ1) is 11.3. The molecule has 2 aromatic heterocycles. The van der Waals surface area contributed by atoms with Crippen LogP contribution in [0.2, 0.25) is 0 Å². The number of rotatable bonds is 6. The van der Waals surface area contributed by atoms with Crippen molar-refractivity contribution in [2.45, 2.75) is 45.2 Å². The molecule has 0 aliphatic carbocycles. The molecular weight excluding hydrogens is 290 g/mol. The lowest BCUT2D eigenvalue weighted by Crippen LogP contribution is -2.38. The molecule has 0 spiro atoms. The molecule has 3 N–H and O–H groups in total. The summed E-state index contributed by atoms with van der Waals surface area (Å²) in [6.45, 7) is 4.99. The van der Waals surface area contributed by atoms with Gasteiger partial charge in [0.25, 0.3) is 0 Å². The topological polar surface area (TPSA) is 84.9 Å². The van der Waals surface area contributed by atoms with Gasteiger partial charge in [0.05, 0.1) is 6.33 Å². The van der Waals surface area contributed by atoms with Crippen LogP contribution in [0.1, 0.15) is 32.6 Å². The van der Waals surface area contributed by atoms with E-state index in [9.17, 15) is 0 Å². The second kappa shape index (κ2) is 7.30. The van der Waals surface area contributed by atoms with E-state index in [1.54, 1.807) is 12.5 Å². The van der Waals surface area contributed by atoms with Crippen LogP contribution in [0.4, 0.5) is 17.3 Å². The monoisotopic (exact) mass is 315 g/mol. The minimum Gasteiger partial charge on any atom is -0.393 e. The first-order valence-electron chi connectivity index (χ1n) is 8.32. The van der Waals surface area contributed by atoms with Crippen LogP contribution in [-0.2, 0) is 6.54 Å². The molecule has 0 amide bonds. The van der Waals surface area contributed by atoms with E-state index in [2.05, 4.69) is 36.7 Å². The van der Waals surface area contributed by atoms with Crippen LogP contribution in [0, 0.1) is 0 Å². The lowest BCUT2D eigenvalue weighted by molar-refractivity contribution is 0.481. The Hall–Kier alpha value is -2.31. The van der Waals surface area contributed by atoms with Crippen molar-refractivity contribution in [2.75, 3.05) is 29.0 Å². The van der Waals surface area contributed by atoms with Gasteiger partial charge in [0.1, 0.15) is 12.0 Å². The number of aryl methyl sites for hydroxylation is 1. The SMILES string of the molecule is CC1CCCCN1c1ncnc(NCCCn2ccnc2)c1N. The Morgan fingerprint density at radius 2 is 2.26 bits per heavy atom. The van der Waals surface area contributed by atoms with Crippen molar-refractivity contribution in [3.63, 3.8) is 0 Å². The van der Waals surface area contributed by atoms with Crippen molar-refractivity contribution < 1.29 is 0 Å². The zero-order chi connectivity index (χ0) is 16.1. The molecule has 3 rings (SSSR count). The first kappa shape index (κ1) is 15.6. The molecule has 1 aliphatic rings. The lowest BCUT2D eigenvalue weighted by Gasteiger charge is -2.35. The van der Waals surface area contributed by atoms with E-state index >= 15 is 0 Å². The first-order valence-corrected chi connectivity index (χ1v) is 8.32. The zero-order valence-corrected chi connectivity index (χ0v) is 13.6. The minimum atomic E-state index is 0.482. The van der Waals surface area contributed by atoms with Crippen molar-refractivity contribution in [3.8, 4) is 0 Å². The molecular formula is C16H25N7. The highest BCUT2D eigenvalue weighted by Gasteiger charge is 2.22. The number of nitrogen functional groups attached to an aromatic ring is 1. The van der Waals surface area contributed by atoms with Crippen molar-refractivity contribution in [2.24, 2.45) is 0 Å². The van der Waals surface area contributed by atoms with Crippen LogP contribution in [-0.4, -0.2) is 38.7 Å². The second-order valence-corrected chi connectivity index (χ2v) is 6.08. The van der Waals surface area contributed by atoms with Crippen LogP contribution >= 0.6 is 0 Å². The summed E-state index contributed by atoms with van der Waals surface area (Å²) in [6, 6.07) is 0.482. The van der Waals surface area contributed by atoms with E-state index in [1.807, 2.05) is 12.5 Å². The summed E-state index contributed by atoms with van der Waals surface area (Å²) in [6.07, 6.45) is 11.8. The summed E-state index contributed by atoms with van der Waals surface area (Å²) in [7, 11) is 0. The fraction of sp³-hybridized carbons (Fsp3) is 0.562.